The quantitative estimate of drug-likeness (QED) is 0.780. The number of nitrogen functional groups attached to an aromatic ring is 1. The molecule has 20 heavy (non-hydrogen) atoms. The van der Waals surface area contributed by atoms with Crippen molar-refractivity contribution >= 4 is 28.7 Å². The van der Waals surface area contributed by atoms with E-state index in [1.54, 1.807) is 0 Å². The van der Waals surface area contributed by atoms with Gasteiger partial charge in [-0.25, -0.2) is 0 Å². The Labute approximate surface area is 124 Å². The molecule has 0 aromatic heterocycles. The fourth-order valence-electron chi connectivity index (χ4n) is 1.89. The highest BCUT2D eigenvalue weighted by Gasteiger charge is 2.04. The second-order valence-corrected chi connectivity index (χ2v) is 5.15. The summed E-state index contributed by atoms with van der Waals surface area (Å²) in [5.74, 6) is 0.762. The highest BCUT2D eigenvalue weighted by molar-refractivity contribution is 6.33. The molecule has 3 N–H and O–H groups in total. The van der Waals surface area contributed by atoms with E-state index < -0.39 is 0 Å². The largest absolute Gasteiger partial charge is 0.493 e. The predicted octanol–water partition coefficient (Wildman–Crippen LogP) is 4.76. The van der Waals surface area contributed by atoms with Gasteiger partial charge >= 0.3 is 0 Å². The fraction of sp³-hybridized carbons (Fsp3) is 0.250. The first kappa shape index (κ1) is 14.5. The molecule has 0 saturated heterocycles. The lowest BCUT2D eigenvalue weighted by molar-refractivity contribution is 0.318. The summed E-state index contributed by atoms with van der Waals surface area (Å²) < 4.78 is 5.62. The molecule has 2 rings (SSSR count). The summed E-state index contributed by atoms with van der Waals surface area (Å²) in [6.07, 6.45) is 0.960. The van der Waals surface area contributed by atoms with E-state index in [2.05, 4.69) is 12.2 Å². The van der Waals surface area contributed by atoms with Crippen LogP contribution in [-0.4, -0.2) is 6.61 Å². The van der Waals surface area contributed by atoms with Crippen molar-refractivity contribution in [3.8, 4) is 5.75 Å². The average Bonchev–Trinajstić information content (AvgIpc) is 2.40. The van der Waals surface area contributed by atoms with Gasteiger partial charge < -0.3 is 15.8 Å². The van der Waals surface area contributed by atoms with Gasteiger partial charge in [0.1, 0.15) is 5.75 Å². The Bertz CT molecular complexity index is 599. The van der Waals surface area contributed by atoms with Gasteiger partial charge in [-0.3, -0.25) is 0 Å². The molecule has 0 atom stereocenters. The SMILES string of the molecule is CCCOc1cc(N)cc(Nc2cc(C)ccc2Cl)c1. The van der Waals surface area contributed by atoms with Crippen LogP contribution in [0.1, 0.15) is 18.9 Å². The second-order valence-electron chi connectivity index (χ2n) is 4.75. The van der Waals surface area contributed by atoms with Crippen molar-refractivity contribution in [3.05, 3.63) is 47.0 Å². The maximum absolute atomic E-state index is 6.18. The Kier molecular flexibility index (Phi) is 4.74. The lowest BCUT2D eigenvalue weighted by Gasteiger charge is -2.12. The summed E-state index contributed by atoms with van der Waals surface area (Å²) in [7, 11) is 0. The van der Waals surface area contributed by atoms with Gasteiger partial charge in [-0.1, -0.05) is 24.6 Å². The third-order valence-electron chi connectivity index (χ3n) is 2.80. The van der Waals surface area contributed by atoms with Crippen LogP contribution in [0.2, 0.25) is 5.02 Å². The summed E-state index contributed by atoms with van der Waals surface area (Å²) in [4.78, 5) is 0. The normalized spacial score (nSPS) is 10.3. The van der Waals surface area contributed by atoms with E-state index >= 15 is 0 Å². The highest BCUT2D eigenvalue weighted by atomic mass is 35.5. The molecule has 0 unspecified atom stereocenters. The van der Waals surface area contributed by atoms with E-state index in [9.17, 15) is 0 Å². The zero-order valence-corrected chi connectivity index (χ0v) is 12.5. The fourth-order valence-corrected chi connectivity index (χ4v) is 2.05. The summed E-state index contributed by atoms with van der Waals surface area (Å²) in [6, 6.07) is 11.4. The van der Waals surface area contributed by atoms with Crippen molar-refractivity contribution in [2.75, 3.05) is 17.7 Å². The number of aryl methyl sites for hydroxylation is 1. The van der Waals surface area contributed by atoms with Crippen LogP contribution in [0.4, 0.5) is 17.1 Å². The molecule has 0 spiro atoms. The smallest absolute Gasteiger partial charge is 0.123 e. The van der Waals surface area contributed by atoms with Gasteiger partial charge in [0, 0.05) is 23.5 Å². The molecule has 0 saturated carbocycles. The molecule has 0 bridgehead atoms. The minimum atomic E-state index is 0.657. The number of rotatable bonds is 5. The maximum atomic E-state index is 6.18. The van der Waals surface area contributed by atoms with Gasteiger partial charge in [0.25, 0.3) is 0 Å². The molecule has 0 aliphatic rings. The van der Waals surface area contributed by atoms with E-state index in [4.69, 9.17) is 22.1 Å². The van der Waals surface area contributed by atoms with Crippen LogP contribution in [-0.2, 0) is 0 Å². The number of halogens is 1. The molecule has 0 heterocycles. The lowest BCUT2D eigenvalue weighted by Crippen LogP contribution is -1.98. The Hall–Kier alpha value is -1.87. The van der Waals surface area contributed by atoms with Crippen molar-refractivity contribution in [2.45, 2.75) is 20.3 Å². The van der Waals surface area contributed by atoms with Crippen LogP contribution in [0.5, 0.6) is 5.75 Å². The van der Waals surface area contributed by atoms with Gasteiger partial charge in [-0.05, 0) is 37.1 Å². The summed E-state index contributed by atoms with van der Waals surface area (Å²) in [6.45, 7) is 4.77. The number of hydrogen-bond donors (Lipinski definition) is 2. The number of anilines is 3. The van der Waals surface area contributed by atoms with Crippen LogP contribution < -0.4 is 15.8 Å². The number of benzene rings is 2. The van der Waals surface area contributed by atoms with Crippen LogP contribution in [0.3, 0.4) is 0 Å². The van der Waals surface area contributed by atoms with Crippen LogP contribution in [0.15, 0.2) is 36.4 Å². The first-order valence-electron chi connectivity index (χ1n) is 6.65. The molecule has 0 amide bonds. The lowest BCUT2D eigenvalue weighted by atomic mass is 10.2. The average molecular weight is 291 g/mol. The topological polar surface area (TPSA) is 47.3 Å². The molecular formula is C16H19ClN2O. The maximum Gasteiger partial charge on any atom is 0.123 e. The molecule has 0 aliphatic heterocycles. The summed E-state index contributed by atoms with van der Waals surface area (Å²) in [5.41, 5.74) is 9.42. The van der Waals surface area contributed by atoms with Crippen LogP contribution in [0.25, 0.3) is 0 Å². The molecule has 106 valence electrons. The second kappa shape index (κ2) is 6.53. The van der Waals surface area contributed by atoms with E-state index in [-0.39, 0.29) is 0 Å². The van der Waals surface area contributed by atoms with Crippen molar-refractivity contribution < 1.29 is 4.74 Å². The van der Waals surface area contributed by atoms with Gasteiger partial charge in [-0.15, -0.1) is 0 Å². The molecule has 0 fully saturated rings. The van der Waals surface area contributed by atoms with Crippen molar-refractivity contribution in [1.82, 2.24) is 0 Å². The van der Waals surface area contributed by atoms with E-state index in [0.717, 1.165) is 29.1 Å². The minimum Gasteiger partial charge on any atom is -0.493 e. The highest BCUT2D eigenvalue weighted by Crippen LogP contribution is 2.29. The number of nitrogens with two attached hydrogens (primary N) is 1. The number of hydrogen-bond acceptors (Lipinski definition) is 3. The summed E-state index contributed by atoms with van der Waals surface area (Å²) >= 11 is 6.18. The Morgan fingerprint density at radius 3 is 2.75 bits per heavy atom. The first-order valence-corrected chi connectivity index (χ1v) is 7.03. The van der Waals surface area contributed by atoms with E-state index in [1.165, 1.54) is 0 Å². The first-order chi connectivity index (χ1) is 9.58. The monoisotopic (exact) mass is 290 g/mol. The van der Waals surface area contributed by atoms with Crippen molar-refractivity contribution in [2.24, 2.45) is 0 Å². The van der Waals surface area contributed by atoms with Crippen LogP contribution >= 0.6 is 11.6 Å². The molecule has 2 aromatic rings. The van der Waals surface area contributed by atoms with Crippen molar-refractivity contribution in [1.29, 1.82) is 0 Å². The van der Waals surface area contributed by atoms with Crippen molar-refractivity contribution in [3.63, 3.8) is 0 Å². The molecule has 0 radical (unpaired) electrons. The number of nitrogens with one attached hydrogen (secondary N) is 1. The van der Waals surface area contributed by atoms with E-state index in [1.807, 2.05) is 43.3 Å². The minimum absolute atomic E-state index is 0.657. The molecule has 3 nitrogen and oxygen atoms in total. The molecule has 4 heteroatoms. The summed E-state index contributed by atoms with van der Waals surface area (Å²) in [5, 5.41) is 3.95. The van der Waals surface area contributed by atoms with Gasteiger partial charge in [0.05, 0.1) is 17.3 Å². The Morgan fingerprint density at radius 2 is 2.00 bits per heavy atom. The molecule has 0 aliphatic carbocycles. The zero-order valence-electron chi connectivity index (χ0n) is 11.7. The van der Waals surface area contributed by atoms with Gasteiger partial charge in [-0.2, -0.15) is 0 Å². The van der Waals surface area contributed by atoms with E-state index in [0.29, 0.717) is 17.3 Å². The predicted molar refractivity (Wildman–Crippen MR) is 86.1 cm³/mol. The third kappa shape index (κ3) is 3.81. The van der Waals surface area contributed by atoms with Gasteiger partial charge in [0.15, 0.2) is 0 Å². The molecule has 2 aromatic carbocycles. The molecular weight excluding hydrogens is 272 g/mol. The Balaban J connectivity index is 2.24. The Morgan fingerprint density at radius 1 is 1.20 bits per heavy atom. The van der Waals surface area contributed by atoms with Crippen LogP contribution in [0, 0.1) is 6.92 Å². The third-order valence-corrected chi connectivity index (χ3v) is 3.13. The standard InChI is InChI=1S/C16H19ClN2O/c1-3-6-20-14-9-12(18)8-13(10-14)19-16-7-11(2)4-5-15(16)17/h4-5,7-10,19H,3,6,18H2,1-2H3. The zero-order chi connectivity index (χ0) is 14.5. The van der Waals surface area contributed by atoms with Gasteiger partial charge in [0.2, 0.25) is 0 Å². The number of ether oxygens (including phenoxy) is 1.